The molecule has 1 aromatic rings. The maximum absolute atomic E-state index is 12.5. The number of aliphatic carboxylic acids is 1. The molecule has 1 aromatic carbocycles. The quantitative estimate of drug-likeness (QED) is 0.752. The topological polar surface area (TPSA) is 86.7 Å². The number of nitrogens with zero attached hydrogens (tertiary/aromatic N) is 1. The molecule has 0 spiro atoms. The molecule has 124 valence electrons. The Kier molecular flexibility index (Phi) is 5.73. The Bertz CT molecular complexity index is 573. The predicted octanol–water partition coefficient (Wildman–Crippen LogP) is 1.94. The Labute approximate surface area is 135 Å². The number of hydrogen-bond acceptors (Lipinski definition) is 3. The summed E-state index contributed by atoms with van der Waals surface area (Å²) in [5.74, 6) is -1.15. The first kappa shape index (κ1) is 17.0. The van der Waals surface area contributed by atoms with E-state index in [4.69, 9.17) is 5.11 Å². The summed E-state index contributed by atoms with van der Waals surface area (Å²) < 4.78 is 0. The van der Waals surface area contributed by atoms with Crippen LogP contribution in [0.5, 0.6) is 0 Å². The molecule has 2 atom stereocenters. The maximum atomic E-state index is 12.5. The van der Waals surface area contributed by atoms with Crippen LogP contribution in [0.2, 0.25) is 0 Å². The lowest BCUT2D eigenvalue weighted by Gasteiger charge is -2.21. The van der Waals surface area contributed by atoms with Crippen molar-refractivity contribution < 1.29 is 19.5 Å². The number of carbonyl (C=O) groups excluding carboxylic acids is 2. The first-order chi connectivity index (χ1) is 11.0. The van der Waals surface area contributed by atoms with Gasteiger partial charge in [0.1, 0.15) is 6.04 Å². The van der Waals surface area contributed by atoms with Gasteiger partial charge >= 0.3 is 5.97 Å². The standard InChI is InChI=1S/C17H22N2O4/c1-12-11-14(18-15(20)9-5-6-10-16(21)22)17(23)19(12)13-7-3-2-4-8-13/h2-4,7-8,12,14H,5-6,9-11H2,1H3,(H,18,20)(H,21,22). The predicted molar refractivity (Wildman–Crippen MR) is 86.0 cm³/mol. The van der Waals surface area contributed by atoms with Crippen LogP contribution in [0.1, 0.15) is 39.0 Å². The Hall–Kier alpha value is -2.37. The molecule has 0 radical (unpaired) electrons. The van der Waals surface area contributed by atoms with Crippen LogP contribution in [-0.4, -0.2) is 35.0 Å². The molecule has 23 heavy (non-hydrogen) atoms. The lowest BCUT2D eigenvalue weighted by Crippen LogP contribution is -2.41. The molecule has 0 bridgehead atoms. The van der Waals surface area contributed by atoms with E-state index in [9.17, 15) is 14.4 Å². The Morgan fingerprint density at radius 3 is 2.52 bits per heavy atom. The molecule has 2 N–H and O–H groups in total. The van der Waals surface area contributed by atoms with E-state index in [1.54, 1.807) is 4.90 Å². The van der Waals surface area contributed by atoms with Crippen LogP contribution >= 0.6 is 0 Å². The van der Waals surface area contributed by atoms with Gasteiger partial charge in [-0.3, -0.25) is 14.4 Å². The van der Waals surface area contributed by atoms with Crippen LogP contribution < -0.4 is 10.2 Å². The summed E-state index contributed by atoms with van der Waals surface area (Å²) in [6.07, 6.45) is 1.87. The van der Waals surface area contributed by atoms with E-state index in [0.29, 0.717) is 19.3 Å². The molecule has 2 rings (SSSR count). The number of unbranched alkanes of at least 4 members (excludes halogenated alkanes) is 1. The van der Waals surface area contributed by atoms with Crippen LogP contribution in [0, 0.1) is 0 Å². The zero-order chi connectivity index (χ0) is 16.8. The molecule has 0 saturated carbocycles. The molecule has 2 amide bonds. The first-order valence-electron chi connectivity index (χ1n) is 7.88. The summed E-state index contributed by atoms with van der Waals surface area (Å²) in [5, 5.41) is 11.3. The van der Waals surface area contributed by atoms with Crippen molar-refractivity contribution >= 4 is 23.5 Å². The van der Waals surface area contributed by atoms with E-state index in [0.717, 1.165) is 5.69 Å². The van der Waals surface area contributed by atoms with Gasteiger partial charge < -0.3 is 15.3 Å². The van der Waals surface area contributed by atoms with Crippen molar-refractivity contribution in [1.82, 2.24) is 5.32 Å². The van der Waals surface area contributed by atoms with Crippen molar-refractivity contribution in [1.29, 1.82) is 0 Å². The van der Waals surface area contributed by atoms with Gasteiger partial charge in [-0.2, -0.15) is 0 Å². The summed E-state index contributed by atoms with van der Waals surface area (Å²) in [6, 6.07) is 8.94. The second kappa shape index (κ2) is 7.76. The molecule has 6 heteroatoms. The van der Waals surface area contributed by atoms with Crippen molar-refractivity contribution in [2.24, 2.45) is 0 Å². The number of para-hydroxylation sites is 1. The third-order valence-corrected chi connectivity index (χ3v) is 3.97. The summed E-state index contributed by atoms with van der Waals surface area (Å²) in [4.78, 5) is 36.6. The molecule has 6 nitrogen and oxygen atoms in total. The minimum Gasteiger partial charge on any atom is -0.481 e. The van der Waals surface area contributed by atoms with Gasteiger partial charge in [-0.05, 0) is 38.3 Å². The Balaban J connectivity index is 1.86. The number of hydrogen-bond donors (Lipinski definition) is 2. The lowest BCUT2D eigenvalue weighted by molar-refractivity contribution is -0.137. The average molecular weight is 318 g/mol. The van der Waals surface area contributed by atoms with Gasteiger partial charge in [-0.25, -0.2) is 0 Å². The minimum absolute atomic E-state index is 0.0298. The van der Waals surface area contributed by atoms with Crippen LogP contribution in [0.25, 0.3) is 0 Å². The molecule has 0 aromatic heterocycles. The third-order valence-electron chi connectivity index (χ3n) is 3.97. The largest absolute Gasteiger partial charge is 0.481 e. The van der Waals surface area contributed by atoms with Gasteiger partial charge in [0.25, 0.3) is 0 Å². The number of rotatable bonds is 7. The first-order valence-corrected chi connectivity index (χ1v) is 7.88. The molecule has 1 aliphatic heterocycles. The second-order valence-corrected chi connectivity index (χ2v) is 5.85. The van der Waals surface area contributed by atoms with Crippen LogP contribution in [0.4, 0.5) is 5.69 Å². The highest BCUT2D eigenvalue weighted by Gasteiger charge is 2.38. The monoisotopic (exact) mass is 318 g/mol. The molecule has 1 saturated heterocycles. The highest BCUT2D eigenvalue weighted by atomic mass is 16.4. The van der Waals surface area contributed by atoms with Crippen LogP contribution in [0.3, 0.4) is 0 Å². The normalized spacial score (nSPS) is 20.6. The molecular formula is C17H22N2O4. The summed E-state index contributed by atoms with van der Waals surface area (Å²) in [5.41, 5.74) is 0.836. The zero-order valence-electron chi connectivity index (χ0n) is 13.2. The number of benzene rings is 1. The third kappa shape index (κ3) is 4.55. The van der Waals surface area contributed by atoms with Crippen LogP contribution in [-0.2, 0) is 14.4 Å². The average Bonchev–Trinajstić information content (AvgIpc) is 2.78. The van der Waals surface area contributed by atoms with Crippen LogP contribution in [0.15, 0.2) is 30.3 Å². The van der Waals surface area contributed by atoms with Gasteiger partial charge in [-0.1, -0.05) is 18.2 Å². The summed E-state index contributed by atoms with van der Waals surface area (Å²) >= 11 is 0. The lowest BCUT2D eigenvalue weighted by atomic mass is 10.1. The molecule has 1 heterocycles. The fourth-order valence-electron chi connectivity index (χ4n) is 2.85. The summed E-state index contributed by atoms with van der Waals surface area (Å²) in [6.45, 7) is 1.96. The second-order valence-electron chi connectivity index (χ2n) is 5.85. The fourth-order valence-corrected chi connectivity index (χ4v) is 2.85. The maximum Gasteiger partial charge on any atom is 0.303 e. The van der Waals surface area contributed by atoms with Gasteiger partial charge in [-0.15, -0.1) is 0 Å². The Morgan fingerprint density at radius 2 is 1.87 bits per heavy atom. The Morgan fingerprint density at radius 1 is 1.22 bits per heavy atom. The van der Waals surface area contributed by atoms with Gasteiger partial charge in [0.05, 0.1) is 0 Å². The van der Waals surface area contributed by atoms with Crippen molar-refractivity contribution in [3.05, 3.63) is 30.3 Å². The van der Waals surface area contributed by atoms with Crippen molar-refractivity contribution in [3.63, 3.8) is 0 Å². The molecule has 2 unspecified atom stereocenters. The van der Waals surface area contributed by atoms with E-state index in [1.165, 1.54) is 0 Å². The highest BCUT2D eigenvalue weighted by Crippen LogP contribution is 2.26. The van der Waals surface area contributed by atoms with E-state index < -0.39 is 12.0 Å². The number of anilines is 1. The molecule has 1 aliphatic rings. The van der Waals surface area contributed by atoms with E-state index >= 15 is 0 Å². The zero-order valence-corrected chi connectivity index (χ0v) is 13.2. The fraction of sp³-hybridized carbons (Fsp3) is 0.471. The smallest absolute Gasteiger partial charge is 0.303 e. The van der Waals surface area contributed by atoms with E-state index in [1.807, 2.05) is 37.3 Å². The number of carboxylic acid groups (broad SMARTS) is 1. The molecule has 0 aliphatic carbocycles. The summed E-state index contributed by atoms with van der Waals surface area (Å²) in [7, 11) is 0. The SMILES string of the molecule is CC1CC(NC(=O)CCCCC(=O)O)C(=O)N1c1ccccc1. The van der Waals surface area contributed by atoms with Crippen molar-refractivity contribution in [2.45, 2.75) is 51.1 Å². The van der Waals surface area contributed by atoms with Gasteiger partial charge in [0.15, 0.2) is 0 Å². The molecule has 1 fully saturated rings. The number of nitrogens with one attached hydrogen (secondary N) is 1. The van der Waals surface area contributed by atoms with Crippen molar-refractivity contribution in [2.75, 3.05) is 4.90 Å². The van der Waals surface area contributed by atoms with E-state index in [-0.39, 0.29) is 30.7 Å². The van der Waals surface area contributed by atoms with Crippen molar-refractivity contribution in [3.8, 4) is 0 Å². The van der Waals surface area contributed by atoms with Gasteiger partial charge in [0.2, 0.25) is 11.8 Å². The number of carbonyl (C=O) groups is 3. The molecular weight excluding hydrogens is 296 g/mol. The number of amides is 2. The highest BCUT2D eigenvalue weighted by molar-refractivity contribution is 6.01. The minimum atomic E-state index is -0.858. The van der Waals surface area contributed by atoms with Gasteiger partial charge in [0, 0.05) is 24.6 Å². The van der Waals surface area contributed by atoms with E-state index in [2.05, 4.69) is 5.32 Å². The number of carboxylic acids is 1.